The second-order valence-corrected chi connectivity index (χ2v) is 26.2. The van der Waals surface area contributed by atoms with Crippen molar-refractivity contribution in [2.24, 2.45) is 17.4 Å². The number of aliphatic hydroxyl groups is 2. The molecule has 7 unspecified atom stereocenters. The van der Waals surface area contributed by atoms with Crippen molar-refractivity contribution in [3.8, 4) is 49.1 Å². The number of phenols is 1. The third-order valence-electron chi connectivity index (χ3n) is 14.2. The molecule has 7 atom stereocenters. The number of nitrogens with two attached hydrogens (primary N) is 2. The lowest BCUT2D eigenvalue weighted by molar-refractivity contribution is -0.581. The highest BCUT2D eigenvalue weighted by Crippen LogP contribution is 2.39. The number of aryl methyl sites for hydroxylation is 1. The first-order valence-corrected chi connectivity index (χ1v) is 32.7. The molecule has 1 aliphatic rings. The number of thiazole rings is 6. The number of benzene rings is 2. The molecule has 0 fully saturated rings. The zero-order chi connectivity index (χ0) is 66.5. The maximum Gasteiger partial charge on any atom is 0.351 e. The molecule has 2 aromatic carbocycles. The van der Waals surface area contributed by atoms with E-state index in [4.69, 9.17) is 31.3 Å². The van der Waals surface area contributed by atoms with E-state index < -0.39 is 114 Å². The van der Waals surface area contributed by atoms with Crippen LogP contribution in [0.3, 0.4) is 0 Å². The maximum absolute atomic E-state index is 15.0. The molecule has 6 amide bonds. The molecule has 28 nitrogen and oxygen atoms in total. The van der Waals surface area contributed by atoms with E-state index in [0.29, 0.717) is 36.4 Å². The summed E-state index contributed by atoms with van der Waals surface area (Å²) in [4.78, 5) is 135. The molecule has 0 radical (unpaired) electrons. The largest absolute Gasteiger partial charge is 0.618 e. The van der Waals surface area contributed by atoms with E-state index in [9.17, 15) is 58.9 Å². The van der Waals surface area contributed by atoms with Crippen LogP contribution in [0.5, 0.6) is 5.75 Å². The fraction of sp³-hybridized carbons (Fsp3) is 0.203. The average molecular weight is 1370 g/mol. The lowest BCUT2D eigenvalue weighted by Gasteiger charge is -2.28. The topological polar surface area (TPSA) is 443 Å². The number of hydrogen-bond donors (Lipinski definition) is 11. The first-order valence-electron chi connectivity index (χ1n) is 27.5. The number of nitrogens with zero attached hydrogens (tertiary/aromatic N) is 7. The van der Waals surface area contributed by atoms with Crippen LogP contribution in [0.15, 0.2) is 118 Å². The summed E-state index contributed by atoms with van der Waals surface area (Å²) in [6.07, 6.45) is -3.40. The minimum Gasteiger partial charge on any atom is -0.618 e. The quantitative estimate of drug-likeness (QED) is 0.0308. The number of carbonyl (C=O) groups is 8. The van der Waals surface area contributed by atoms with Crippen molar-refractivity contribution >= 4 is 115 Å². The van der Waals surface area contributed by atoms with Gasteiger partial charge in [-0.2, -0.15) is 4.73 Å². The van der Waals surface area contributed by atoms with Gasteiger partial charge < -0.3 is 68.4 Å². The number of phenolic OH excluding ortho intramolecular Hbond substituents is 1. The molecule has 0 aliphatic carbocycles. The zero-order valence-corrected chi connectivity index (χ0v) is 53.3. The van der Waals surface area contributed by atoms with Gasteiger partial charge in [-0.3, -0.25) is 28.8 Å². The molecule has 10 bridgehead atoms. The summed E-state index contributed by atoms with van der Waals surface area (Å²) in [5, 5.41) is 77.6. The minimum atomic E-state index is -1.52. The number of esters is 1. The van der Waals surface area contributed by atoms with Crippen LogP contribution in [0, 0.1) is 18.0 Å². The van der Waals surface area contributed by atoms with Gasteiger partial charge in [-0.15, -0.1) is 68.0 Å². The molecule has 9 aromatic rings. The number of amides is 6. The number of carboxylic acid groups (broad SMARTS) is 1. The number of hydrogen-bond acceptors (Lipinski definition) is 26. The number of aliphatic carboxylic acids is 1. The van der Waals surface area contributed by atoms with Gasteiger partial charge in [0.25, 0.3) is 40.9 Å². The Bertz CT molecular complexity index is 4410. The van der Waals surface area contributed by atoms with Crippen molar-refractivity contribution in [1.29, 1.82) is 0 Å². The van der Waals surface area contributed by atoms with Crippen molar-refractivity contribution in [3.63, 3.8) is 0 Å². The van der Waals surface area contributed by atoms with E-state index in [1.165, 1.54) is 52.5 Å². The normalized spacial score (nSPS) is 18.2. The van der Waals surface area contributed by atoms with Gasteiger partial charge in [0.15, 0.2) is 5.01 Å². The molecule has 0 saturated carbocycles. The van der Waals surface area contributed by atoms with E-state index in [-0.39, 0.29) is 77.6 Å². The first-order chi connectivity index (χ1) is 44.4. The number of carboxylic acids is 1. The van der Waals surface area contributed by atoms with Crippen LogP contribution < -0.4 is 42.8 Å². The summed E-state index contributed by atoms with van der Waals surface area (Å²) in [5.41, 5.74) is 11.8. The van der Waals surface area contributed by atoms with Crippen molar-refractivity contribution in [3.05, 3.63) is 177 Å². The van der Waals surface area contributed by atoms with Gasteiger partial charge in [0.1, 0.15) is 94.9 Å². The standard InChI is InChI=1S/C59H52N14O14S6/c1-24-40(18-74)87-59(85)33(16-28-10-12-30(75)13-11-28)65-50(81)37-22-92-57(69-37)44(46(77)29-8-6-5-7-9-29)71-51(82)43-27(4)93-54(72-43)32(17-41(60)76)64-49(80)36-20-88-52(67-36)31-14-15-39(55-68-35(21-90-55)48(79)62-25(2)47(78)63-26(3)58(83)84)73(86)45(31)34-19-89-53(66-34)38-23-91-56(70-38)42(24)61/h5-15,19-24,32-33,40,42,44,46,74-75,77H,2-3,16-18,61H2,1,4H3,(H2,60,76)(H,62,79)(H,63,78)(H,64,80)(H,65,81)(H,71,82)(H,83,84). The van der Waals surface area contributed by atoms with Crippen LogP contribution in [0.25, 0.3) is 43.4 Å². The smallest absolute Gasteiger partial charge is 0.351 e. The Balaban J connectivity index is 1.04. The van der Waals surface area contributed by atoms with Crippen molar-refractivity contribution < 1.29 is 68.2 Å². The minimum absolute atomic E-state index is 0.0172. The number of cyclic esters (lactones) is 1. The Morgan fingerprint density at radius 3 is 2.08 bits per heavy atom. The summed E-state index contributed by atoms with van der Waals surface area (Å²) in [6, 6.07) is 12.1. The van der Waals surface area contributed by atoms with Gasteiger partial charge >= 0.3 is 11.9 Å². The van der Waals surface area contributed by atoms with Gasteiger partial charge in [0.2, 0.25) is 5.91 Å². The second kappa shape index (κ2) is 28.3. The van der Waals surface area contributed by atoms with Crippen molar-refractivity contribution in [2.75, 3.05) is 6.61 Å². The van der Waals surface area contributed by atoms with Gasteiger partial charge in [0, 0.05) is 50.2 Å². The number of aliphatic hydroxyl groups excluding tert-OH is 2. The second-order valence-electron chi connectivity index (χ2n) is 20.6. The van der Waals surface area contributed by atoms with Crippen LogP contribution in [-0.4, -0.2) is 116 Å². The number of carbonyl (C=O) groups excluding carboxylic acids is 7. The number of pyridine rings is 1. The van der Waals surface area contributed by atoms with Crippen LogP contribution in [-0.2, 0) is 30.3 Å². The average Bonchev–Trinajstić information content (AvgIpc) is 1.69. The first kappa shape index (κ1) is 66.0. The predicted molar refractivity (Wildman–Crippen MR) is 342 cm³/mol. The molecule has 10 rings (SSSR count). The van der Waals surface area contributed by atoms with Crippen LogP contribution in [0.2, 0.25) is 0 Å². The number of aromatic hydroxyl groups is 1. The molecule has 478 valence electrons. The van der Waals surface area contributed by atoms with E-state index in [1.54, 1.807) is 54.9 Å². The van der Waals surface area contributed by atoms with Gasteiger partial charge in [0.05, 0.1) is 36.4 Å². The van der Waals surface area contributed by atoms with E-state index in [0.717, 1.165) is 68.0 Å². The summed E-state index contributed by atoms with van der Waals surface area (Å²) in [6.45, 7) is 9.20. The molecule has 8 heterocycles. The SMILES string of the molecule is C=C(NC(=O)C(=C)NC(=O)c1csc(-c2ccc3c([n+]2[O-])-c2csc(n2)-c2csc(n2)C(N)C(C)C(CO)OC(=O)C(Cc2ccc(O)cc2)NC(=O)c2csc(n2)C(C(O)c2ccccc2)NC(=O)c2nc(sc2C)C(CC(N)=O)NC(=O)c2csc-3n2)n1)C(=O)O. The summed E-state index contributed by atoms with van der Waals surface area (Å²) < 4.78 is 6.46. The number of aromatic nitrogens is 7. The number of fused-ring (bicyclic) bond motifs is 14. The molecular formula is C59H52N14O14S6. The van der Waals surface area contributed by atoms with E-state index >= 15 is 0 Å². The summed E-state index contributed by atoms with van der Waals surface area (Å²) in [5.74, 6) is -8.70. The van der Waals surface area contributed by atoms with Crippen LogP contribution >= 0.6 is 68.0 Å². The van der Waals surface area contributed by atoms with Crippen LogP contribution in [0.1, 0.15) is 111 Å². The molecule has 93 heavy (non-hydrogen) atoms. The third kappa shape index (κ3) is 14.9. The molecule has 0 saturated heterocycles. The van der Waals surface area contributed by atoms with Gasteiger partial charge in [-0.1, -0.05) is 62.5 Å². The van der Waals surface area contributed by atoms with E-state index in [2.05, 4.69) is 54.4 Å². The Morgan fingerprint density at radius 2 is 1.37 bits per heavy atom. The lowest BCUT2D eigenvalue weighted by atomic mass is 9.96. The fourth-order valence-corrected chi connectivity index (χ4v) is 14.5. The highest BCUT2D eigenvalue weighted by atomic mass is 32.1. The third-order valence-corrected chi connectivity index (χ3v) is 19.8. The fourth-order valence-electron chi connectivity index (χ4n) is 9.24. The number of primary amides is 1. The number of nitrogens with one attached hydrogen (secondary N) is 5. The predicted octanol–water partition coefficient (Wildman–Crippen LogP) is 5.14. The maximum atomic E-state index is 15.0. The highest BCUT2D eigenvalue weighted by Gasteiger charge is 2.36. The number of rotatable bonds is 13. The monoisotopic (exact) mass is 1370 g/mol. The molecule has 34 heteroatoms. The Kier molecular flexibility index (Phi) is 20.1. The summed E-state index contributed by atoms with van der Waals surface area (Å²) in [7, 11) is 0. The van der Waals surface area contributed by atoms with Gasteiger partial charge in [-0.25, -0.2) is 39.5 Å². The molecule has 0 spiro atoms. The zero-order valence-electron chi connectivity index (χ0n) is 48.4. The lowest BCUT2D eigenvalue weighted by Crippen LogP contribution is -2.46. The van der Waals surface area contributed by atoms with Crippen LogP contribution in [0.4, 0.5) is 0 Å². The van der Waals surface area contributed by atoms with Crippen molar-refractivity contribution in [2.45, 2.75) is 63.1 Å². The molecule has 1 aliphatic heterocycles. The Hall–Kier alpha value is -9.91. The van der Waals surface area contributed by atoms with E-state index in [1.807, 2.05) is 5.32 Å². The summed E-state index contributed by atoms with van der Waals surface area (Å²) >= 11 is 5.98. The van der Waals surface area contributed by atoms with Gasteiger partial charge in [-0.05, 0) is 36.2 Å². The highest BCUT2D eigenvalue weighted by molar-refractivity contribution is 7.15. The Morgan fingerprint density at radius 1 is 0.731 bits per heavy atom. The number of ether oxygens (including phenoxy) is 1. The molecular weight excluding hydrogens is 1320 g/mol. The molecule has 13 N–H and O–H groups in total. The Labute approximate surface area is 550 Å². The van der Waals surface area contributed by atoms with Crippen molar-refractivity contribution in [1.82, 2.24) is 56.5 Å². The molecule has 7 aromatic heterocycles.